The number of H-pyrrole nitrogens is 1. The van der Waals surface area contributed by atoms with Gasteiger partial charge < -0.3 is 4.98 Å². The van der Waals surface area contributed by atoms with Crippen LogP contribution in [0, 0.1) is 5.92 Å². The van der Waals surface area contributed by atoms with Gasteiger partial charge in [-0.15, -0.1) is 0 Å². The predicted molar refractivity (Wildman–Crippen MR) is 45.0 cm³/mol. The fourth-order valence-corrected chi connectivity index (χ4v) is 0.866. The highest BCUT2D eigenvalue weighted by Gasteiger charge is 2.19. The molecule has 12 heavy (non-hydrogen) atoms. The van der Waals surface area contributed by atoms with Crippen LogP contribution in [0.1, 0.15) is 24.3 Å². The minimum Gasteiger partial charge on any atom is -0.358 e. The van der Waals surface area contributed by atoms with Crippen molar-refractivity contribution in [2.24, 2.45) is 5.92 Å². The van der Waals surface area contributed by atoms with E-state index in [1.54, 1.807) is 32.2 Å². The Labute approximate surface area is 70.8 Å². The molecular formula is C9H11NO2. The van der Waals surface area contributed by atoms with E-state index in [0.717, 1.165) is 0 Å². The van der Waals surface area contributed by atoms with E-state index in [1.165, 1.54) is 0 Å². The molecule has 1 N–H and O–H groups in total. The molecule has 0 fully saturated rings. The lowest BCUT2D eigenvalue weighted by Gasteiger charge is -1.99. The molecule has 1 aromatic rings. The van der Waals surface area contributed by atoms with Gasteiger partial charge in [-0.2, -0.15) is 0 Å². The summed E-state index contributed by atoms with van der Waals surface area (Å²) in [4.78, 5) is 25.1. The molecule has 0 amide bonds. The van der Waals surface area contributed by atoms with Crippen molar-refractivity contribution in [3.63, 3.8) is 0 Å². The van der Waals surface area contributed by atoms with E-state index in [9.17, 15) is 9.59 Å². The Kier molecular flexibility index (Phi) is 2.43. The number of ketones is 2. The van der Waals surface area contributed by atoms with E-state index in [4.69, 9.17) is 0 Å². The first-order chi connectivity index (χ1) is 5.63. The van der Waals surface area contributed by atoms with Gasteiger partial charge in [-0.25, -0.2) is 0 Å². The van der Waals surface area contributed by atoms with Gasteiger partial charge in [-0.05, 0) is 12.1 Å². The molecule has 0 atom stereocenters. The molecule has 0 aliphatic carbocycles. The smallest absolute Gasteiger partial charge is 0.244 e. The predicted octanol–water partition coefficient (Wildman–Crippen LogP) is 1.42. The van der Waals surface area contributed by atoms with Crippen molar-refractivity contribution < 1.29 is 9.59 Å². The first-order valence-corrected chi connectivity index (χ1v) is 3.85. The monoisotopic (exact) mass is 165 g/mol. The van der Waals surface area contributed by atoms with Crippen LogP contribution in [-0.4, -0.2) is 16.6 Å². The zero-order valence-electron chi connectivity index (χ0n) is 7.13. The van der Waals surface area contributed by atoms with Crippen LogP contribution in [-0.2, 0) is 4.79 Å². The summed E-state index contributed by atoms with van der Waals surface area (Å²) in [6.45, 7) is 3.42. The Hall–Kier alpha value is -1.38. The topological polar surface area (TPSA) is 49.9 Å². The van der Waals surface area contributed by atoms with Crippen LogP contribution in [0.5, 0.6) is 0 Å². The molecule has 1 rings (SSSR count). The van der Waals surface area contributed by atoms with Gasteiger partial charge in [0.05, 0.1) is 5.69 Å². The molecule has 3 nitrogen and oxygen atoms in total. The fraction of sp³-hybridized carbons (Fsp3) is 0.333. The van der Waals surface area contributed by atoms with E-state index < -0.39 is 5.78 Å². The quantitative estimate of drug-likeness (QED) is 0.544. The lowest BCUT2D eigenvalue weighted by Crippen LogP contribution is -2.19. The first kappa shape index (κ1) is 8.71. The fourth-order valence-electron chi connectivity index (χ4n) is 0.866. The van der Waals surface area contributed by atoms with Gasteiger partial charge in [0.25, 0.3) is 0 Å². The number of aromatic nitrogens is 1. The SMILES string of the molecule is CC(C)C(=O)C(=O)c1ccc[nH]1. The van der Waals surface area contributed by atoms with Crippen LogP contribution in [0.25, 0.3) is 0 Å². The number of nitrogens with one attached hydrogen (secondary N) is 1. The third-order valence-corrected chi connectivity index (χ3v) is 1.59. The van der Waals surface area contributed by atoms with Crippen LogP contribution >= 0.6 is 0 Å². The Balaban J connectivity index is 2.80. The van der Waals surface area contributed by atoms with Gasteiger partial charge in [0.2, 0.25) is 11.6 Å². The van der Waals surface area contributed by atoms with Crippen molar-refractivity contribution in [3.05, 3.63) is 24.0 Å². The maximum atomic E-state index is 11.3. The minimum atomic E-state index is -0.435. The molecule has 0 saturated carbocycles. The number of hydrogen-bond acceptors (Lipinski definition) is 2. The highest BCUT2D eigenvalue weighted by atomic mass is 16.2. The van der Waals surface area contributed by atoms with Gasteiger partial charge in [0.1, 0.15) is 0 Å². The van der Waals surface area contributed by atoms with Gasteiger partial charge in [-0.3, -0.25) is 9.59 Å². The number of carbonyl (C=O) groups excluding carboxylic acids is 2. The van der Waals surface area contributed by atoms with Crippen LogP contribution in [0.2, 0.25) is 0 Å². The number of carbonyl (C=O) groups is 2. The van der Waals surface area contributed by atoms with E-state index >= 15 is 0 Å². The second-order valence-corrected chi connectivity index (χ2v) is 2.93. The molecule has 0 unspecified atom stereocenters. The van der Waals surface area contributed by atoms with E-state index in [2.05, 4.69) is 4.98 Å². The lowest BCUT2D eigenvalue weighted by molar-refractivity contribution is -0.117. The van der Waals surface area contributed by atoms with Crippen molar-refractivity contribution in [1.82, 2.24) is 4.98 Å². The van der Waals surface area contributed by atoms with Gasteiger partial charge in [-0.1, -0.05) is 13.8 Å². The third kappa shape index (κ3) is 1.61. The molecule has 0 saturated heterocycles. The largest absolute Gasteiger partial charge is 0.358 e. The highest BCUT2D eigenvalue weighted by Crippen LogP contribution is 2.03. The molecule has 0 spiro atoms. The molecule has 0 aromatic carbocycles. The van der Waals surface area contributed by atoms with Crippen LogP contribution in [0.4, 0.5) is 0 Å². The second-order valence-electron chi connectivity index (χ2n) is 2.93. The van der Waals surface area contributed by atoms with E-state index in [-0.39, 0.29) is 11.7 Å². The maximum absolute atomic E-state index is 11.3. The number of rotatable bonds is 3. The average Bonchev–Trinajstić information content (AvgIpc) is 2.53. The first-order valence-electron chi connectivity index (χ1n) is 3.85. The summed E-state index contributed by atoms with van der Waals surface area (Å²) >= 11 is 0. The molecule has 0 radical (unpaired) electrons. The molecule has 0 aliphatic rings. The lowest BCUT2D eigenvalue weighted by atomic mass is 10.0. The third-order valence-electron chi connectivity index (χ3n) is 1.59. The average molecular weight is 165 g/mol. The highest BCUT2D eigenvalue weighted by molar-refractivity contribution is 6.43. The summed E-state index contributed by atoms with van der Waals surface area (Å²) in [6.07, 6.45) is 1.63. The number of hydrogen-bond donors (Lipinski definition) is 1. The van der Waals surface area contributed by atoms with Gasteiger partial charge in [0.15, 0.2) is 0 Å². The molecular weight excluding hydrogens is 154 g/mol. The van der Waals surface area contributed by atoms with Crippen molar-refractivity contribution >= 4 is 11.6 Å². The van der Waals surface area contributed by atoms with Crippen molar-refractivity contribution in [2.45, 2.75) is 13.8 Å². The summed E-state index contributed by atoms with van der Waals surface area (Å²) in [6, 6.07) is 3.30. The summed E-state index contributed by atoms with van der Waals surface area (Å²) in [5.74, 6) is -1.02. The Bertz CT molecular complexity index is 285. The summed E-state index contributed by atoms with van der Waals surface area (Å²) < 4.78 is 0. The maximum Gasteiger partial charge on any atom is 0.244 e. The molecule has 0 aliphatic heterocycles. The van der Waals surface area contributed by atoms with Gasteiger partial charge >= 0.3 is 0 Å². The zero-order valence-corrected chi connectivity index (χ0v) is 7.13. The number of aromatic amines is 1. The van der Waals surface area contributed by atoms with Crippen LogP contribution in [0.3, 0.4) is 0 Å². The van der Waals surface area contributed by atoms with Crippen molar-refractivity contribution in [3.8, 4) is 0 Å². The summed E-state index contributed by atoms with van der Waals surface area (Å²) in [5, 5.41) is 0. The standard InChI is InChI=1S/C9H11NO2/c1-6(2)8(11)9(12)7-4-3-5-10-7/h3-6,10H,1-2H3. The normalized spacial score (nSPS) is 10.2. The van der Waals surface area contributed by atoms with Gasteiger partial charge in [0, 0.05) is 12.1 Å². The summed E-state index contributed by atoms with van der Waals surface area (Å²) in [7, 11) is 0. The second kappa shape index (κ2) is 3.34. The molecule has 1 aromatic heterocycles. The zero-order chi connectivity index (χ0) is 9.14. The molecule has 64 valence electrons. The van der Waals surface area contributed by atoms with E-state index in [0.29, 0.717) is 5.69 Å². The minimum absolute atomic E-state index is 0.235. The van der Waals surface area contributed by atoms with Crippen LogP contribution < -0.4 is 0 Å². The number of Topliss-reactive ketones (excluding diaryl/α,β-unsaturated/α-hetero) is 2. The Morgan fingerprint density at radius 3 is 2.50 bits per heavy atom. The van der Waals surface area contributed by atoms with Crippen molar-refractivity contribution in [1.29, 1.82) is 0 Å². The Morgan fingerprint density at radius 1 is 1.42 bits per heavy atom. The van der Waals surface area contributed by atoms with E-state index in [1.807, 2.05) is 0 Å². The van der Waals surface area contributed by atoms with Crippen LogP contribution in [0.15, 0.2) is 18.3 Å². The molecule has 3 heteroatoms. The molecule has 1 heterocycles. The molecule has 0 bridgehead atoms. The van der Waals surface area contributed by atoms with Crippen molar-refractivity contribution in [2.75, 3.05) is 0 Å². The summed E-state index contributed by atoms with van der Waals surface area (Å²) in [5.41, 5.74) is 0.369. The Morgan fingerprint density at radius 2 is 2.08 bits per heavy atom.